The van der Waals surface area contributed by atoms with Gasteiger partial charge in [0.2, 0.25) is 10.0 Å². The number of ether oxygens (including phenoxy) is 1. The summed E-state index contributed by atoms with van der Waals surface area (Å²) >= 11 is 16.4. The third-order valence-electron chi connectivity index (χ3n) is 3.60. The number of hydrogen-bond donors (Lipinski definition) is 2. The number of amides is 1. The smallest absolute Gasteiger partial charge is 0.272 e. The SMILES string of the molecule is COc1ccc(S(=O)(=O)N[C@H]2CS(=O)(=O)C[C@H]2NC(=O)C(Cl)(Cl)Cl)cc1. The molecule has 2 N–H and O–H groups in total. The lowest BCUT2D eigenvalue weighted by Gasteiger charge is -2.22. The summed E-state index contributed by atoms with van der Waals surface area (Å²) in [5.41, 5.74) is 0. The van der Waals surface area contributed by atoms with Crippen molar-refractivity contribution in [2.24, 2.45) is 0 Å². The Kier molecular flexibility index (Phi) is 6.36. The summed E-state index contributed by atoms with van der Waals surface area (Å²) in [6.45, 7) is 0. The number of benzene rings is 1. The molecule has 0 aliphatic carbocycles. The van der Waals surface area contributed by atoms with Crippen molar-refractivity contribution in [3.63, 3.8) is 0 Å². The van der Waals surface area contributed by atoms with Crippen LogP contribution in [0.15, 0.2) is 29.2 Å². The van der Waals surface area contributed by atoms with E-state index < -0.39 is 53.1 Å². The van der Waals surface area contributed by atoms with Crippen LogP contribution >= 0.6 is 34.8 Å². The zero-order valence-corrected chi connectivity index (χ0v) is 17.2. The predicted octanol–water partition coefficient (Wildman–Crippen LogP) is 0.626. The molecule has 0 spiro atoms. The second-order valence-electron chi connectivity index (χ2n) is 5.56. The van der Waals surface area contributed by atoms with Crippen LogP contribution in [0.25, 0.3) is 0 Å². The van der Waals surface area contributed by atoms with Crippen molar-refractivity contribution >= 4 is 60.6 Å². The van der Waals surface area contributed by atoms with E-state index in [1.165, 1.54) is 31.4 Å². The number of alkyl halides is 3. The summed E-state index contributed by atoms with van der Waals surface area (Å²) < 4.78 is 53.7. The molecule has 0 aromatic heterocycles. The summed E-state index contributed by atoms with van der Waals surface area (Å²) in [5, 5.41) is 2.26. The number of methoxy groups -OCH3 is 1. The number of rotatable bonds is 5. The molecule has 1 aliphatic rings. The van der Waals surface area contributed by atoms with Crippen LogP contribution in [0.4, 0.5) is 0 Å². The van der Waals surface area contributed by atoms with Gasteiger partial charge in [0.1, 0.15) is 5.75 Å². The molecule has 1 aliphatic heterocycles. The van der Waals surface area contributed by atoms with Crippen molar-refractivity contribution in [1.29, 1.82) is 0 Å². The molecule has 26 heavy (non-hydrogen) atoms. The molecule has 0 bridgehead atoms. The highest BCUT2D eigenvalue weighted by molar-refractivity contribution is 7.92. The fourth-order valence-corrected chi connectivity index (χ4v) is 5.79. The molecule has 0 saturated carbocycles. The van der Waals surface area contributed by atoms with Gasteiger partial charge in [-0.05, 0) is 24.3 Å². The summed E-state index contributed by atoms with van der Waals surface area (Å²) in [6, 6.07) is 3.32. The average Bonchev–Trinajstić information content (AvgIpc) is 2.79. The van der Waals surface area contributed by atoms with Crippen LogP contribution in [-0.2, 0) is 24.7 Å². The molecule has 0 radical (unpaired) electrons. The van der Waals surface area contributed by atoms with Gasteiger partial charge in [0, 0.05) is 0 Å². The quantitative estimate of drug-likeness (QED) is 0.616. The van der Waals surface area contributed by atoms with E-state index in [1.807, 2.05) is 0 Å². The number of carbonyl (C=O) groups is 1. The van der Waals surface area contributed by atoms with Gasteiger partial charge in [0.25, 0.3) is 9.70 Å². The third kappa shape index (κ3) is 5.37. The van der Waals surface area contributed by atoms with Gasteiger partial charge < -0.3 is 10.1 Å². The van der Waals surface area contributed by atoms with Gasteiger partial charge in [-0.2, -0.15) is 0 Å². The Bertz CT molecular complexity index is 881. The number of hydrogen-bond acceptors (Lipinski definition) is 6. The first-order valence-electron chi connectivity index (χ1n) is 7.08. The predicted molar refractivity (Wildman–Crippen MR) is 98.0 cm³/mol. The fourth-order valence-electron chi connectivity index (χ4n) is 2.38. The number of sulfonamides is 1. The van der Waals surface area contributed by atoms with Crippen LogP contribution < -0.4 is 14.8 Å². The van der Waals surface area contributed by atoms with Gasteiger partial charge >= 0.3 is 0 Å². The molecule has 1 saturated heterocycles. The minimum absolute atomic E-state index is 0.0888. The molecule has 1 aromatic rings. The lowest BCUT2D eigenvalue weighted by Crippen LogP contribution is -2.53. The monoisotopic (exact) mass is 464 g/mol. The Morgan fingerprint density at radius 2 is 1.69 bits per heavy atom. The molecule has 146 valence electrons. The van der Waals surface area contributed by atoms with Gasteiger partial charge in [-0.1, -0.05) is 34.8 Å². The minimum atomic E-state index is -4.04. The second-order valence-corrected chi connectivity index (χ2v) is 11.7. The van der Waals surface area contributed by atoms with E-state index >= 15 is 0 Å². The summed E-state index contributed by atoms with van der Waals surface area (Å²) in [5.74, 6) is -1.55. The average molecular weight is 466 g/mol. The van der Waals surface area contributed by atoms with Crippen LogP contribution in [-0.4, -0.2) is 57.2 Å². The van der Waals surface area contributed by atoms with E-state index in [0.29, 0.717) is 5.75 Å². The first-order chi connectivity index (χ1) is 11.8. The topological polar surface area (TPSA) is 119 Å². The van der Waals surface area contributed by atoms with E-state index in [0.717, 1.165) is 0 Å². The van der Waals surface area contributed by atoms with Gasteiger partial charge in [-0.3, -0.25) is 4.79 Å². The maximum Gasteiger partial charge on any atom is 0.272 e. The van der Waals surface area contributed by atoms with Crippen LogP contribution in [0.1, 0.15) is 0 Å². The molecule has 2 atom stereocenters. The van der Waals surface area contributed by atoms with Crippen molar-refractivity contribution in [3.8, 4) is 5.75 Å². The van der Waals surface area contributed by atoms with Crippen molar-refractivity contribution in [3.05, 3.63) is 24.3 Å². The first kappa shape index (κ1) is 21.5. The number of carbonyl (C=O) groups excluding carboxylic acids is 1. The molecule has 8 nitrogen and oxygen atoms in total. The largest absolute Gasteiger partial charge is 0.497 e. The van der Waals surface area contributed by atoms with Crippen molar-refractivity contribution in [2.75, 3.05) is 18.6 Å². The second kappa shape index (κ2) is 7.69. The lowest BCUT2D eigenvalue weighted by molar-refractivity contribution is -0.120. The highest BCUT2D eigenvalue weighted by Gasteiger charge is 2.43. The van der Waals surface area contributed by atoms with Crippen molar-refractivity contribution < 1.29 is 26.4 Å². The minimum Gasteiger partial charge on any atom is -0.497 e. The summed E-state index contributed by atoms with van der Waals surface area (Å²) in [7, 11) is -6.20. The Balaban J connectivity index is 2.22. The Labute approximate surface area is 166 Å². The molecule has 13 heteroatoms. The van der Waals surface area contributed by atoms with Gasteiger partial charge in [0.05, 0.1) is 35.6 Å². The highest BCUT2D eigenvalue weighted by Crippen LogP contribution is 2.27. The molecular formula is C13H15Cl3N2O6S2. The Hall–Kier alpha value is -0.780. The van der Waals surface area contributed by atoms with E-state index in [4.69, 9.17) is 39.5 Å². The fraction of sp³-hybridized carbons (Fsp3) is 0.462. The van der Waals surface area contributed by atoms with Crippen molar-refractivity contribution in [2.45, 2.75) is 20.8 Å². The molecule has 1 aromatic carbocycles. The van der Waals surface area contributed by atoms with Gasteiger partial charge in [-0.15, -0.1) is 0 Å². The standard InChI is InChI=1S/C13H15Cl3N2O6S2/c1-24-8-2-4-9(5-3-8)26(22,23)18-11-7-25(20,21)6-10(11)17-12(19)13(14,15)16/h2-5,10-11,18H,6-7H2,1H3,(H,17,19)/t10-,11+/m1/s1. The van der Waals surface area contributed by atoms with Gasteiger partial charge in [-0.25, -0.2) is 21.6 Å². The molecule has 1 heterocycles. The van der Waals surface area contributed by atoms with Crippen LogP contribution in [0, 0.1) is 0 Å². The highest BCUT2D eigenvalue weighted by atomic mass is 35.6. The van der Waals surface area contributed by atoms with Crippen LogP contribution in [0.5, 0.6) is 5.75 Å². The van der Waals surface area contributed by atoms with Crippen molar-refractivity contribution in [1.82, 2.24) is 10.0 Å². The van der Waals surface area contributed by atoms with E-state index in [2.05, 4.69) is 10.0 Å². The zero-order valence-electron chi connectivity index (χ0n) is 13.3. The maximum absolute atomic E-state index is 12.5. The van der Waals surface area contributed by atoms with Crippen LogP contribution in [0.2, 0.25) is 0 Å². The number of halogens is 3. The zero-order chi connectivity index (χ0) is 19.8. The molecular weight excluding hydrogens is 451 g/mol. The number of nitrogens with one attached hydrogen (secondary N) is 2. The number of sulfone groups is 1. The Morgan fingerprint density at radius 3 is 2.19 bits per heavy atom. The van der Waals surface area contributed by atoms with Crippen LogP contribution in [0.3, 0.4) is 0 Å². The Morgan fingerprint density at radius 1 is 1.15 bits per heavy atom. The third-order valence-corrected chi connectivity index (χ3v) is 7.36. The molecule has 1 amide bonds. The molecule has 0 unspecified atom stereocenters. The summed E-state index contributed by atoms with van der Waals surface area (Å²) in [6.07, 6.45) is 0. The molecule has 2 rings (SSSR count). The maximum atomic E-state index is 12.5. The molecule has 1 fully saturated rings. The van der Waals surface area contributed by atoms with Gasteiger partial charge in [0.15, 0.2) is 9.84 Å². The van der Waals surface area contributed by atoms with E-state index in [-0.39, 0.29) is 4.90 Å². The summed E-state index contributed by atoms with van der Waals surface area (Å²) in [4.78, 5) is 11.7. The van der Waals surface area contributed by atoms with E-state index in [9.17, 15) is 21.6 Å². The first-order valence-corrected chi connectivity index (χ1v) is 11.5. The normalized spacial score (nSPS) is 22.8. The lowest BCUT2D eigenvalue weighted by atomic mass is 10.2. The van der Waals surface area contributed by atoms with E-state index in [1.54, 1.807) is 0 Å².